The number of carbonyl (C=O) groups is 2. The van der Waals surface area contributed by atoms with Crippen LogP contribution in [0.3, 0.4) is 0 Å². The Kier molecular flexibility index (Phi) is 17.3. The number of carboxylic acid groups (broad SMARTS) is 1. The van der Waals surface area contributed by atoms with Gasteiger partial charge in [-0.2, -0.15) is 0 Å². The molecule has 25 unspecified atom stereocenters. The van der Waals surface area contributed by atoms with Crippen molar-refractivity contribution in [3.63, 3.8) is 0 Å². The van der Waals surface area contributed by atoms with Gasteiger partial charge in [-0.1, -0.05) is 93.4 Å². The molecule has 0 heterocycles. The fraction of sp³-hybridized carbons (Fsp3) is 0.972. The van der Waals surface area contributed by atoms with Gasteiger partial charge in [-0.25, -0.2) is 0 Å². The predicted molar refractivity (Wildman–Crippen MR) is 313 cm³/mol. The summed E-state index contributed by atoms with van der Waals surface area (Å²) in [5.41, 5.74) is 2.40. The number of fused-ring (bicyclic) bond motifs is 15. The summed E-state index contributed by atoms with van der Waals surface area (Å²) in [6.45, 7) is 18.4. The van der Waals surface area contributed by atoms with Crippen molar-refractivity contribution in [1.82, 2.24) is 0 Å². The molecule has 0 amide bonds. The minimum absolute atomic E-state index is 0.0138. The fourth-order valence-electron chi connectivity index (χ4n) is 26.0. The predicted octanol–water partition coefficient (Wildman–Crippen LogP) is 16.8. The third-order valence-electron chi connectivity index (χ3n) is 30.2. The van der Waals surface area contributed by atoms with Crippen LogP contribution in [0.4, 0.5) is 0 Å². The Morgan fingerprint density at radius 1 is 0.436 bits per heavy atom. The largest absolute Gasteiger partial charge is 0.481 e. The summed E-state index contributed by atoms with van der Waals surface area (Å²) in [5, 5.41) is 43.7. The van der Waals surface area contributed by atoms with E-state index in [4.69, 9.17) is 9.84 Å². The Hall–Kier alpha value is -1.18. The topological polar surface area (TPSA) is 124 Å². The third-order valence-corrected chi connectivity index (χ3v) is 30.2. The van der Waals surface area contributed by atoms with Crippen molar-refractivity contribution in [1.29, 1.82) is 0 Å². The molecule has 0 radical (unpaired) electrons. The van der Waals surface area contributed by atoms with Crippen LogP contribution in [0.5, 0.6) is 0 Å². The second kappa shape index (κ2) is 23.0. The maximum Gasteiger partial charge on any atom is 0.305 e. The summed E-state index contributed by atoms with van der Waals surface area (Å²) >= 11 is 0. The molecule has 0 bridgehead atoms. The molecule has 25 atom stereocenters. The van der Waals surface area contributed by atoms with E-state index in [1.54, 1.807) is 0 Å². The molecule has 0 spiro atoms. The van der Waals surface area contributed by atoms with E-state index in [9.17, 15) is 24.9 Å². The van der Waals surface area contributed by atoms with Crippen molar-refractivity contribution < 1.29 is 34.8 Å². The van der Waals surface area contributed by atoms with E-state index in [0.29, 0.717) is 117 Å². The first-order valence-electron chi connectivity index (χ1n) is 34.7. The van der Waals surface area contributed by atoms with Crippen molar-refractivity contribution in [2.75, 3.05) is 6.61 Å². The molecule has 7 nitrogen and oxygen atoms in total. The number of hydrogen-bond donors (Lipinski definition) is 4. The lowest BCUT2D eigenvalue weighted by atomic mass is 9.41. The number of hydrogen-bond acceptors (Lipinski definition) is 6. The monoisotopic (exact) mass is 1080 g/mol. The highest BCUT2D eigenvalue weighted by molar-refractivity contribution is 5.69. The fourth-order valence-corrected chi connectivity index (χ4v) is 26.0. The van der Waals surface area contributed by atoms with E-state index >= 15 is 0 Å². The molecular weight excluding hydrogens is 965 g/mol. The molecule has 78 heavy (non-hydrogen) atoms. The van der Waals surface area contributed by atoms with Crippen molar-refractivity contribution in [2.24, 2.45) is 127 Å². The minimum Gasteiger partial charge on any atom is -0.481 e. The van der Waals surface area contributed by atoms with Gasteiger partial charge in [-0.3, -0.25) is 9.59 Å². The summed E-state index contributed by atoms with van der Waals surface area (Å²) in [6.07, 6.45) is 43.2. The van der Waals surface area contributed by atoms with Gasteiger partial charge in [-0.15, -0.1) is 0 Å². The number of esters is 1. The van der Waals surface area contributed by atoms with Crippen LogP contribution in [0.15, 0.2) is 0 Å². The van der Waals surface area contributed by atoms with Gasteiger partial charge in [0.15, 0.2) is 0 Å². The maximum atomic E-state index is 12.9. The quantitative estimate of drug-likeness (QED) is 0.101. The minimum atomic E-state index is -0.660. The first-order valence-corrected chi connectivity index (χ1v) is 34.7. The summed E-state index contributed by atoms with van der Waals surface area (Å²) in [7, 11) is 0. The van der Waals surface area contributed by atoms with E-state index in [2.05, 4.69) is 48.5 Å². The molecule has 12 aliphatic rings. The summed E-state index contributed by atoms with van der Waals surface area (Å²) in [6, 6.07) is 0. The van der Waals surface area contributed by atoms with Gasteiger partial charge in [0.25, 0.3) is 0 Å². The first-order chi connectivity index (χ1) is 37.3. The molecule has 7 heteroatoms. The van der Waals surface area contributed by atoms with Crippen molar-refractivity contribution >= 4 is 11.9 Å². The maximum absolute atomic E-state index is 12.9. The number of carboxylic acids is 1. The van der Waals surface area contributed by atoms with Gasteiger partial charge in [0.05, 0.1) is 24.9 Å². The van der Waals surface area contributed by atoms with E-state index in [1.165, 1.54) is 161 Å². The standard InChI is InChI=1S/C48H80O4.C23H38O3/c1-6-34-35-17-8-11-26-48(35,5)39-24-28-47(4)31(20-22-37(47)43(39)44(34)51)14-9-12-29-52-41(50)18-13-16-32-19-21-36-42-38(23-27-46(32,36)3)45(2)25-10-7-15-33(45)30-40(42)49;1-22-12-4-3-6-16(22)14-19(24)21-17-10-9-15(7-5-8-20(25)26)23(17,2)13-11-18(21)22/h31-40,42-44,49,51H,6-30H2,1-5H3;15-19,21,24H,3-14H2,1-2H3,(H,25,26). The number of aliphatic carboxylic acids is 1. The number of rotatable bonds is 14. The molecular formula is C71H118O7. The average Bonchev–Trinajstić information content (AvgIpc) is 3.96. The normalized spacial score (nSPS) is 51.8. The van der Waals surface area contributed by atoms with Crippen LogP contribution >= 0.6 is 0 Å². The van der Waals surface area contributed by atoms with Gasteiger partial charge in [0.2, 0.25) is 0 Å². The van der Waals surface area contributed by atoms with Gasteiger partial charge in [0, 0.05) is 12.8 Å². The van der Waals surface area contributed by atoms with Gasteiger partial charge in [-0.05, 0) is 301 Å². The van der Waals surface area contributed by atoms with E-state index in [1.807, 2.05) is 0 Å². The van der Waals surface area contributed by atoms with Crippen molar-refractivity contribution in [2.45, 2.75) is 298 Å². The highest BCUT2D eigenvalue weighted by Gasteiger charge is 2.66. The van der Waals surface area contributed by atoms with Crippen LogP contribution in [-0.2, 0) is 14.3 Å². The lowest BCUT2D eigenvalue weighted by Crippen LogP contribution is -2.61. The molecule has 444 valence electrons. The van der Waals surface area contributed by atoms with Crippen molar-refractivity contribution in [3.8, 4) is 0 Å². The second-order valence-corrected chi connectivity index (χ2v) is 32.6. The van der Waals surface area contributed by atoms with Gasteiger partial charge < -0.3 is 25.2 Å². The molecule has 12 rings (SSSR count). The molecule has 12 fully saturated rings. The zero-order chi connectivity index (χ0) is 55.0. The summed E-state index contributed by atoms with van der Waals surface area (Å²) < 4.78 is 5.85. The smallest absolute Gasteiger partial charge is 0.305 e. The second-order valence-electron chi connectivity index (χ2n) is 32.6. The zero-order valence-electron chi connectivity index (χ0n) is 51.1. The lowest BCUT2D eigenvalue weighted by Gasteiger charge is -2.64. The van der Waals surface area contributed by atoms with Crippen LogP contribution in [0.1, 0.15) is 280 Å². The van der Waals surface area contributed by atoms with Crippen LogP contribution in [0, 0.1) is 127 Å². The van der Waals surface area contributed by atoms with Crippen LogP contribution in [0.25, 0.3) is 0 Å². The zero-order valence-corrected chi connectivity index (χ0v) is 51.1. The van der Waals surface area contributed by atoms with Crippen LogP contribution in [-0.4, -0.2) is 57.3 Å². The number of ether oxygens (including phenoxy) is 1. The Morgan fingerprint density at radius 2 is 0.859 bits per heavy atom. The molecule has 0 aliphatic heterocycles. The third kappa shape index (κ3) is 10.0. The van der Waals surface area contributed by atoms with Gasteiger partial charge >= 0.3 is 11.9 Å². The molecule has 0 aromatic heterocycles. The Morgan fingerprint density at radius 3 is 1.35 bits per heavy atom. The van der Waals surface area contributed by atoms with Crippen LogP contribution in [0.2, 0.25) is 0 Å². The molecule has 12 aliphatic carbocycles. The Bertz CT molecular complexity index is 2070. The molecule has 0 aromatic carbocycles. The lowest BCUT2D eigenvalue weighted by molar-refractivity contribution is -0.193. The number of aliphatic hydroxyl groups is 3. The number of carbonyl (C=O) groups excluding carboxylic acids is 1. The highest BCUT2D eigenvalue weighted by Crippen LogP contribution is 2.72. The summed E-state index contributed by atoms with van der Waals surface area (Å²) in [5.74, 6) is 9.84. The molecule has 4 N–H and O–H groups in total. The highest BCUT2D eigenvalue weighted by atomic mass is 16.5. The van der Waals surface area contributed by atoms with E-state index in [0.717, 1.165) is 87.4 Å². The number of unbranched alkanes of at least 4 members (excludes halogenated alkanes) is 1. The molecule has 12 saturated carbocycles. The average molecular weight is 1080 g/mol. The van der Waals surface area contributed by atoms with E-state index < -0.39 is 5.97 Å². The first kappa shape index (κ1) is 58.6. The SMILES string of the molecule is CC12CCC3C(C(O)CC4CCCCC43C)C1CCC2CCCC(=O)O.CCC1C(O)C2C3CCC(CCCCOC(=O)CCCC4CCC5C6C(O)CC7CCCCC7(C)C6CCC45C)C3(C)CCC2C2(C)CCCCC12. The number of aliphatic hydroxyl groups excluding tert-OH is 3. The van der Waals surface area contributed by atoms with E-state index in [-0.39, 0.29) is 24.3 Å². The van der Waals surface area contributed by atoms with Crippen LogP contribution < -0.4 is 0 Å². The molecule has 0 aromatic rings. The van der Waals surface area contributed by atoms with Gasteiger partial charge in [0.1, 0.15) is 0 Å². The van der Waals surface area contributed by atoms with Crippen molar-refractivity contribution in [3.05, 3.63) is 0 Å². The summed E-state index contributed by atoms with van der Waals surface area (Å²) in [4.78, 5) is 23.8. The Labute approximate surface area is 476 Å². The Balaban J connectivity index is 0.000000207. The molecule has 0 saturated heterocycles.